The molecule has 0 bridgehead atoms. The molecule has 0 aliphatic heterocycles. The Morgan fingerprint density at radius 2 is 1.79 bits per heavy atom. The molecule has 0 radical (unpaired) electrons. The minimum atomic E-state index is 0.120. The van der Waals surface area contributed by atoms with Crippen molar-refractivity contribution < 1.29 is 4.74 Å². The summed E-state index contributed by atoms with van der Waals surface area (Å²) in [6.07, 6.45) is 3.10. The number of hydrogen-bond donors (Lipinski definition) is 1. The third kappa shape index (κ3) is 3.02. The first-order valence-electron chi connectivity index (χ1n) is 6.23. The number of aryl methyl sites for hydroxylation is 1. The number of nitrogens with zero attached hydrogens (tertiary/aromatic N) is 2. The zero-order chi connectivity index (χ0) is 14.0. The predicted molar refractivity (Wildman–Crippen MR) is 76.4 cm³/mol. The van der Waals surface area contributed by atoms with Gasteiger partial charge in [0.1, 0.15) is 5.75 Å². The summed E-state index contributed by atoms with van der Waals surface area (Å²) in [5, 5.41) is 0. The molecule has 19 heavy (non-hydrogen) atoms. The summed E-state index contributed by atoms with van der Waals surface area (Å²) in [6.45, 7) is 8.56. The summed E-state index contributed by atoms with van der Waals surface area (Å²) in [5.74, 6) is 1.39. The molecule has 0 atom stereocenters. The fraction of sp³-hybridized carbons (Fsp3) is 0.333. The Kier molecular flexibility index (Phi) is 3.42. The second-order valence-corrected chi connectivity index (χ2v) is 5.58. The van der Waals surface area contributed by atoms with E-state index in [4.69, 9.17) is 10.5 Å². The number of aromatic nitrogens is 2. The predicted octanol–water partition coefficient (Wildman–Crippen LogP) is 3.46. The molecule has 4 nitrogen and oxygen atoms in total. The molecule has 0 fully saturated rings. The lowest BCUT2D eigenvalue weighted by atomic mass is 9.86. The summed E-state index contributed by atoms with van der Waals surface area (Å²) < 4.78 is 5.71. The van der Waals surface area contributed by atoms with Crippen LogP contribution in [-0.4, -0.2) is 9.97 Å². The first kappa shape index (κ1) is 13.3. The van der Waals surface area contributed by atoms with E-state index < -0.39 is 0 Å². The maximum absolute atomic E-state index is 5.72. The van der Waals surface area contributed by atoms with Crippen molar-refractivity contribution >= 4 is 5.82 Å². The van der Waals surface area contributed by atoms with Crippen molar-refractivity contribution in [2.75, 3.05) is 5.73 Å². The SMILES string of the molecule is Cc1cc(C(C)(C)C)ccc1Oc1nccnc1N. The highest BCUT2D eigenvalue weighted by Crippen LogP contribution is 2.30. The highest BCUT2D eigenvalue weighted by atomic mass is 16.5. The van der Waals surface area contributed by atoms with Gasteiger partial charge in [0, 0.05) is 12.4 Å². The van der Waals surface area contributed by atoms with Gasteiger partial charge >= 0.3 is 0 Å². The molecule has 0 aliphatic carbocycles. The normalized spacial score (nSPS) is 11.4. The largest absolute Gasteiger partial charge is 0.436 e. The molecule has 2 rings (SSSR count). The van der Waals surface area contributed by atoms with Gasteiger partial charge in [0.25, 0.3) is 5.88 Å². The Labute approximate surface area is 113 Å². The van der Waals surface area contributed by atoms with Gasteiger partial charge in [-0.1, -0.05) is 32.9 Å². The molecule has 0 saturated heterocycles. The van der Waals surface area contributed by atoms with E-state index in [0.717, 1.165) is 11.3 Å². The van der Waals surface area contributed by atoms with Crippen LogP contribution in [0, 0.1) is 6.92 Å². The zero-order valence-corrected chi connectivity index (χ0v) is 11.8. The fourth-order valence-electron chi connectivity index (χ4n) is 1.75. The number of ether oxygens (including phenoxy) is 1. The third-order valence-corrected chi connectivity index (χ3v) is 2.94. The van der Waals surface area contributed by atoms with Crippen molar-refractivity contribution in [1.82, 2.24) is 9.97 Å². The number of rotatable bonds is 2. The van der Waals surface area contributed by atoms with E-state index in [1.54, 1.807) is 6.20 Å². The van der Waals surface area contributed by atoms with E-state index in [1.165, 1.54) is 11.8 Å². The van der Waals surface area contributed by atoms with E-state index in [0.29, 0.717) is 11.7 Å². The molecule has 4 heteroatoms. The molecule has 100 valence electrons. The van der Waals surface area contributed by atoms with Crippen LogP contribution >= 0.6 is 0 Å². The molecule has 1 aromatic heterocycles. The first-order valence-corrected chi connectivity index (χ1v) is 6.23. The number of hydrogen-bond acceptors (Lipinski definition) is 4. The van der Waals surface area contributed by atoms with Gasteiger partial charge in [-0.3, -0.25) is 0 Å². The minimum absolute atomic E-state index is 0.120. The molecule has 1 aromatic carbocycles. The van der Waals surface area contributed by atoms with Gasteiger partial charge in [-0.05, 0) is 29.5 Å². The van der Waals surface area contributed by atoms with Crippen LogP contribution in [0.1, 0.15) is 31.9 Å². The van der Waals surface area contributed by atoms with Gasteiger partial charge in [0.2, 0.25) is 0 Å². The van der Waals surface area contributed by atoms with Gasteiger partial charge in [-0.15, -0.1) is 0 Å². The highest BCUT2D eigenvalue weighted by molar-refractivity contribution is 5.45. The third-order valence-electron chi connectivity index (χ3n) is 2.94. The summed E-state index contributed by atoms with van der Waals surface area (Å²) >= 11 is 0. The number of nitrogens with two attached hydrogens (primary N) is 1. The molecular formula is C15H19N3O. The van der Waals surface area contributed by atoms with E-state index in [-0.39, 0.29) is 5.41 Å². The average molecular weight is 257 g/mol. The van der Waals surface area contributed by atoms with Crippen LogP contribution in [0.5, 0.6) is 11.6 Å². The molecule has 0 saturated carbocycles. The van der Waals surface area contributed by atoms with Crippen molar-refractivity contribution in [2.24, 2.45) is 0 Å². The van der Waals surface area contributed by atoms with Crippen LogP contribution in [0.2, 0.25) is 0 Å². The molecule has 0 aliphatic rings. The summed E-state index contributed by atoms with van der Waals surface area (Å²) in [6, 6.07) is 6.14. The highest BCUT2D eigenvalue weighted by Gasteiger charge is 2.15. The van der Waals surface area contributed by atoms with E-state index in [2.05, 4.69) is 42.9 Å². The molecule has 0 spiro atoms. The standard InChI is InChI=1S/C15H19N3O/c1-10-9-11(15(2,3)4)5-6-12(10)19-14-13(16)17-7-8-18-14/h5-9H,1-4H3,(H2,16,17). The van der Waals surface area contributed by atoms with Crippen LogP contribution in [0.3, 0.4) is 0 Å². The zero-order valence-electron chi connectivity index (χ0n) is 11.8. The van der Waals surface area contributed by atoms with Gasteiger partial charge in [-0.2, -0.15) is 0 Å². The Balaban J connectivity index is 2.30. The Morgan fingerprint density at radius 3 is 2.37 bits per heavy atom. The fourth-order valence-corrected chi connectivity index (χ4v) is 1.75. The minimum Gasteiger partial charge on any atom is -0.436 e. The van der Waals surface area contributed by atoms with Crippen LogP contribution < -0.4 is 10.5 Å². The maximum Gasteiger partial charge on any atom is 0.262 e. The van der Waals surface area contributed by atoms with Crippen LogP contribution in [0.25, 0.3) is 0 Å². The van der Waals surface area contributed by atoms with Crippen molar-refractivity contribution in [2.45, 2.75) is 33.1 Å². The van der Waals surface area contributed by atoms with Crippen LogP contribution in [-0.2, 0) is 5.41 Å². The van der Waals surface area contributed by atoms with E-state index in [9.17, 15) is 0 Å². The van der Waals surface area contributed by atoms with Crippen LogP contribution in [0.4, 0.5) is 5.82 Å². The Hall–Kier alpha value is -2.10. The second-order valence-electron chi connectivity index (χ2n) is 5.58. The second kappa shape index (κ2) is 4.88. The molecule has 0 unspecified atom stereocenters. The Morgan fingerprint density at radius 1 is 1.11 bits per heavy atom. The summed E-state index contributed by atoms with van der Waals surface area (Å²) in [5.41, 5.74) is 8.16. The monoisotopic (exact) mass is 257 g/mol. The number of benzene rings is 1. The van der Waals surface area contributed by atoms with Crippen LogP contribution in [0.15, 0.2) is 30.6 Å². The summed E-state index contributed by atoms with van der Waals surface area (Å²) in [4.78, 5) is 8.03. The van der Waals surface area contributed by atoms with Gasteiger partial charge < -0.3 is 10.5 Å². The number of anilines is 1. The van der Waals surface area contributed by atoms with Crippen molar-refractivity contribution in [1.29, 1.82) is 0 Å². The van der Waals surface area contributed by atoms with Crippen molar-refractivity contribution in [3.8, 4) is 11.6 Å². The van der Waals surface area contributed by atoms with Gasteiger partial charge in [0.05, 0.1) is 0 Å². The molecule has 2 N–H and O–H groups in total. The molecule has 1 heterocycles. The van der Waals surface area contributed by atoms with Gasteiger partial charge in [0.15, 0.2) is 5.82 Å². The lowest BCUT2D eigenvalue weighted by Crippen LogP contribution is -2.11. The molecule has 2 aromatic rings. The van der Waals surface area contributed by atoms with Crippen molar-refractivity contribution in [3.63, 3.8) is 0 Å². The van der Waals surface area contributed by atoms with E-state index in [1.807, 2.05) is 13.0 Å². The maximum atomic E-state index is 5.72. The van der Waals surface area contributed by atoms with Crippen molar-refractivity contribution in [3.05, 3.63) is 41.7 Å². The van der Waals surface area contributed by atoms with Gasteiger partial charge in [-0.25, -0.2) is 9.97 Å². The number of nitrogen functional groups attached to an aromatic ring is 1. The summed E-state index contributed by atoms with van der Waals surface area (Å²) in [7, 11) is 0. The van der Waals surface area contributed by atoms with E-state index >= 15 is 0 Å². The molecular weight excluding hydrogens is 238 g/mol. The quantitative estimate of drug-likeness (QED) is 0.895. The lowest BCUT2D eigenvalue weighted by Gasteiger charge is -2.20. The lowest BCUT2D eigenvalue weighted by molar-refractivity contribution is 0.458. The Bertz CT molecular complexity index is 588. The first-order chi connectivity index (χ1) is 8.88. The average Bonchev–Trinajstić information content (AvgIpc) is 2.33. The molecule has 0 amide bonds. The smallest absolute Gasteiger partial charge is 0.262 e. The topological polar surface area (TPSA) is 61.0 Å².